The van der Waals surface area contributed by atoms with Crippen LogP contribution in [0.1, 0.15) is 11.1 Å². The maximum atomic E-state index is 13.5. The van der Waals surface area contributed by atoms with Gasteiger partial charge >= 0.3 is 0 Å². The Labute approximate surface area is 243 Å². The molecule has 0 aliphatic heterocycles. The number of carbonyl (C=O) groups excluding carboxylic acids is 1. The van der Waals surface area contributed by atoms with Crippen molar-refractivity contribution in [2.75, 3.05) is 20.9 Å². The van der Waals surface area contributed by atoms with Crippen molar-refractivity contribution in [2.24, 2.45) is 0 Å². The van der Waals surface area contributed by atoms with E-state index in [-0.39, 0.29) is 31.2 Å². The third-order valence-electron chi connectivity index (χ3n) is 5.88. The highest BCUT2D eigenvalue weighted by Gasteiger charge is 2.28. The molecular weight excluding hydrogens is 593 g/mol. The fraction of sp³-hybridized carbons (Fsp3) is 0.107. The molecule has 12 heteroatoms. The number of amides is 1. The van der Waals surface area contributed by atoms with E-state index < -0.39 is 32.5 Å². The van der Waals surface area contributed by atoms with Crippen molar-refractivity contribution in [3.8, 4) is 0 Å². The molecule has 0 heterocycles. The van der Waals surface area contributed by atoms with Crippen LogP contribution in [0.4, 0.5) is 17.1 Å². The number of halogens is 2. The fourth-order valence-corrected chi connectivity index (χ4v) is 6.71. The fourth-order valence-electron chi connectivity index (χ4n) is 3.86. The van der Waals surface area contributed by atoms with Crippen LogP contribution in [-0.4, -0.2) is 29.3 Å². The van der Waals surface area contributed by atoms with Crippen LogP contribution in [-0.2, 0) is 24.8 Å². The Bertz CT molecular complexity index is 1760. The molecule has 0 aromatic heterocycles. The van der Waals surface area contributed by atoms with Gasteiger partial charge in [0.2, 0.25) is 5.91 Å². The van der Waals surface area contributed by atoms with Gasteiger partial charge in [0.15, 0.2) is 0 Å². The number of rotatable bonds is 9. The first kappa shape index (κ1) is 29.4. The van der Waals surface area contributed by atoms with Gasteiger partial charge in [0, 0.05) is 5.69 Å². The van der Waals surface area contributed by atoms with E-state index in [1.807, 2.05) is 26.0 Å². The molecule has 0 atom stereocenters. The number of hydrogen-bond donors (Lipinski definition) is 2. The Morgan fingerprint density at radius 2 is 1.45 bits per heavy atom. The molecule has 0 fully saturated rings. The molecule has 0 spiro atoms. The standard InChI is InChI=1S/C28H25Cl2N3O5S2/c1-19-8-15-27(20(2)16-19)32-39(35,36)23-12-9-21(10-13-23)31-28(34)18-33(22-11-14-25(29)26(30)17-22)40(37,38)24-6-4-3-5-7-24/h3-17,32H,18H2,1-2H3,(H,31,34). The van der Waals surface area contributed by atoms with Crippen LogP contribution in [0.2, 0.25) is 10.0 Å². The minimum atomic E-state index is -4.15. The highest BCUT2D eigenvalue weighted by molar-refractivity contribution is 7.93. The van der Waals surface area contributed by atoms with Crippen LogP contribution in [0.5, 0.6) is 0 Å². The van der Waals surface area contributed by atoms with Gasteiger partial charge in [-0.3, -0.25) is 13.8 Å². The second-order valence-corrected chi connectivity index (χ2v) is 13.3. The van der Waals surface area contributed by atoms with Gasteiger partial charge < -0.3 is 5.32 Å². The van der Waals surface area contributed by atoms with E-state index in [2.05, 4.69) is 10.0 Å². The van der Waals surface area contributed by atoms with Crippen molar-refractivity contribution >= 4 is 66.2 Å². The summed E-state index contributed by atoms with van der Waals surface area (Å²) in [4.78, 5) is 13.0. The lowest BCUT2D eigenvalue weighted by Gasteiger charge is -2.24. The Morgan fingerprint density at radius 1 is 0.775 bits per heavy atom. The first-order valence-electron chi connectivity index (χ1n) is 11.9. The van der Waals surface area contributed by atoms with E-state index in [0.717, 1.165) is 15.4 Å². The van der Waals surface area contributed by atoms with Crippen LogP contribution in [0.25, 0.3) is 0 Å². The van der Waals surface area contributed by atoms with E-state index in [0.29, 0.717) is 5.69 Å². The second kappa shape index (κ2) is 11.9. The number of sulfonamides is 2. The third kappa shape index (κ3) is 6.76. The van der Waals surface area contributed by atoms with Gasteiger partial charge in [0.1, 0.15) is 6.54 Å². The molecule has 0 radical (unpaired) electrons. The summed E-state index contributed by atoms with van der Waals surface area (Å²) in [7, 11) is -8.03. The predicted molar refractivity (Wildman–Crippen MR) is 159 cm³/mol. The summed E-state index contributed by atoms with van der Waals surface area (Å²) in [6.45, 7) is 3.14. The molecule has 2 N–H and O–H groups in total. The summed E-state index contributed by atoms with van der Waals surface area (Å²) in [5.41, 5.74) is 2.68. The van der Waals surface area contributed by atoms with Gasteiger partial charge in [-0.05, 0) is 80.1 Å². The van der Waals surface area contributed by atoms with Gasteiger partial charge in [-0.15, -0.1) is 0 Å². The van der Waals surface area contributed by atoms with E-state index in [1.165, 1.54) is 54.6 Å². The van der Waals surface area contributed by atoms with Crippen molar-refractivity contribution in [3.05, 3.63) is 112 Å². The van der Waals surface area contributed by atoms with E-state index in [1.54, 1.807) is 24.3 Å². The molecule has 0 saturated carbocycles. The summed E-state index contributed by atoms with van der Waals surface area (Å²) in [5.74, 6) is -0.658. The Kier molecular flexibility index (Phi) is 8.74. The number of aryl methyl sites for hydroxylation is 2. The number of nitrogens with zero attached hydrogens (tertiary/aromatic N) is 1. The van der Waals surface area contributed by atoms with Gasteiger partial charge in [0.05, 0.1) is 31.2 Å². The molecule has 0 aliphatic rings. The van der Waals surface area contributed by atoms with Crippen LogP contribution < -0.4 is 14.3 Å². The number of carbonyl (C=O) groups is 1. The molecule has 208 valence electrons. The summed E-state index contributed by atoms with van der Waals surface area (Å²) < 4.78 is 56.2. The van der Waals surface area contributed by atoms with E-state index in [9.17, 15) is 21.6 Å². The zero-order valence-electron chi connectivity index (χ0n) is 21.4. The molecule has 8 nitrogen and oxygen atoms in total. The predicted octanol–water partition coefficient (Wildman–Crippen LogP) is 6.25. The molecule has 40 heavy (non-hydrogen) atoms. The molecule has 0 bridgehead atoms. The first-order valence-corrected chi connectivity index (χ1v) is 15.6. The summed E-state index contributed by atoms with van der Waals surface area (Å²) >= 11 is 12.1. The average molecular weight is 619 g/mol. The van der Waals surface area contributed by atoms with Crippen LogP contribution >= 0.6 is 23.2 Å². The lowest BCUT2D eigenvalue weighted by Crippen LogP contribution is -2.38. The van der Waals surface area contributed by atoms with Crippen LogP contribution in [0, 0.1) is 13.8 Å². The molecule has 0 aliphatic carbocycles. The van der Waals surface area contributed by atoms with Crippen LogP contribution in [0.3, 0.4) is 0 Å². The third-order valence-corrected chi connectivity index (χ3v) is 9.79. The minimum Gasteiger partial charge on any atom is -0.325 e. The quantitative estimate of drug-likeness (QED) is 0.231. The number of nitrogens with one attached hydrogen (secondary N) is 2. The normalized spacial score (nSPS) is 11.6. The Morgan fingerprint density at radius 3 is 2.08 bits per heavy atom. The molecule has 1 amide bonds. The lowest BCUT2D eigenvalue weighted by molar-refractivity contribution is -0.114. The molecule has 4 rings (SSSR count). The topological polar surface area (TPSA) is 113 Å². The van der Waals surface area contributed by atoms with Gasteiger partial charge in [-0.2, -0.15) is 0 Å². The molecule has 4 aromatic rings. The van der Waals surface area contributed by atoms with Crippen molar-refractivity contribution < 1.29 is 21.6 Å². The highest BCUT2D eigenvalue weighted by atomic mass is 35.5. The Hall–Kier alpha value is -3.57. The number of benzene rings is 4. The zero-order chi connectivity index (χ0) is 29.1. The van der Waals surface area contributed by atoms with Gasteiger partial charge in [-0.25, -0.2) is 16.8 Å². The van der Waals surface area contributed by atoms with E-state index in [4.69, 9.17) is 23.2 Å². The lowest BCUT2D eigenvalue weighted by atomic mass is 10.1. The number of hydrogen-bond acceptors (Lipinski definition) is 5. The molecule has 0 saturated heterocycles. The number of anilines is 3. The highest BCUT2D eigenvalue weighted by Crippen LogP contribution is 2.30. The van der Waals surface area contributed by atoms with Crippen LogP contribution in [0.15, 0.2) is 101 Å². The molecule has 0 unspecified atom stereocenters. The summed E-state index contributed by atoms with van der Waals surface area (Å²) in [6.07, 6.45) is 0. The SMILES string of the molecule is Cc1ccc(NS(=O)(=O)c2ccc(NC(=O)CN(c3ccc(Cl)c(Cl)c3)S(=O)(=O)c3ccccc3)cc2)c(C)c1. The minimum absolute atomic E-state index is 0.00504. The second-order valence-electron chi connectivity index (χ2n) is 8.92. The zero-order valence-corrected chi connectivity index (χ0v) is 24.6. The smallest absolute Gasteiger partial charge is 0.264 e. The Balaban J connectivity index is 1.54. The monoisotopic (exact) mass is 617 g/mol. The largest absolute Gasteiger partial charge is 0.325 e. The van der Waals surface area contributed by atoms with Gasteiger partial charge in [-0.1, -0.05) is 59.1 Å². The van der Waals surface area contributed by atoms with Crippen molar-refractivity contribution in [3.63, 3.8) is 0 Å². The summed E-state index contributed by atoms with van der Waals surface area (Å²) in [6, 6.07) is 22.8. The van der Waals surface area contributed by atoms with Crippen molar-refractivity contribution in [1.29, 1.82) is 0 Å². The van der Waals surface area contributed by atoms with Gasteiger partial charge in [0.25, 0.3) is 20.0 Å². The van der Waals surface area contributed by atoms with E-state index >= 15 is 0 Å². The molecule has 4 aromatic carbocycles. The summed E-state index contributed by atoms with van der Waals surface area (Å²) in [5, 5.41) is 2.97. The maximum absolute atomic E-state index is 13.5. The molecular formula is C28H25Cl2N3O5S2. The average Bonchev–Trinajstić information content (AvgIpc) is 2.91. The first-order chi connectivity index (χ1) is 18.9. The van der Waals surface area contributed by atoms with Crippen molar-refractivity contribution in [2.45, 2.75) is 23.6 Å². The maximum Gasteiger partial charge on any atom is 0.264 e. The van der Waals surface area contributed by atoms with Crippen molar-refractivity contribution in [1.82, 2.24) is 0 Å².